The van der Waals surface area contributed by atoms with E-state index in [2.05, 4.69) is 39.3 Å². The van der Waals surface area contributed by atoms with E-state index in [4.69, 9.17) is 13.6 Å². The fraction of sp³-hybridized carbons (Fsp3) is 0.667. The van der Waals surface area contributed by atoms with Gasteiger partial charge >= 0.3 is 0 Å². The first-order valence-electron chi connectivity index (χ1n) is 5.87. The van der Waals surface area contributed by atoms with Crippen molar-refractivity contribution < 1.29 is 13.6 Å². The summed E-state index contributed by atoms with van der Waals surface area (Å²) < 4.78 is 17.0. The summed E-state index contributed by atoms with van der Waals surface area (Å²) >= 11 is 0. The molecule has 0 aliphatic rings. The van der Waals surface area contributed by atoms with Gasteiger partial charge in [0.05, 0.1) is 13.2 Å². The van der Waals surface area contributed by atoms with Crippen LogP contribution in [0.2, 0.25) is 39.3 Å². The van der Waals surface area contributed by atoms with Crippen LogP contribution in [0.4, 0.5) is 0 Å². The van der Waals surface area contributed by atoms with E-state index in [9.17, 15) is 0 Å². The van der Waals surface area contributed by atoms with Gasteiger partial charge in [0.25, 0.3) is 5.95 Å². The first kappa shape index (κ1) is 16.3. The van der Waals surface area contributed by atoms with Crippen molar-refractivity contribution >= 4 is 16.6 Å². The fourth-order valence-corrected chi connectivity index (χ4v) is 2.70. The molecule has 0 bridgehead atoms. The summed E-state index contributed by atoms with van der Waals surface area (Å²) in [5, 5.41) is 0. The predicted octanol–water partition coefficient (Wildman–Crippen LogP) is 4.08. The molecule has 0 saturated heterocycles. The second-order valence-electron chi connectivity index (χ2n) is 5.79. The molecule has 0 atom stereocenters. The lowest BCUT2D eigenvalue weighted by Crippen LogP contribution is -2.26. The number of ether oxygens (including phenoxy) is 1. The summed E-state index contributed by atoms with van der Waals surface area (Å²) in [4.78, 5) is 0. The molecule has 0 amide bonds. The van der Waals surface area contributed by atoms with Gasteiger partial charge in [-0.3, -0.25) is 0 Å². The Bertz CT molecular complexity index is 296. The largest absolute Gasteiger partial charge is 0.544 e. The van der Waals surface area contributed by atoms with Crippen molar-refractivity contribution in [3.05, 3.63) is 23.9 Å². The van der Waals surface area contributed by atoms with E-state index < -0.39 is 16.6 Å². The van der Waals surface area contributed by atoms with Crippen LogP contribution >= 0.6 is 0 Å². The maximum Gasteiger partial charge on any atom is 0.268 e. The monoisotopic (exact) mass is 274 g/mol. The van der Waals surface area contributed by atoms with Gasteiger partial charge in [-0.2, -0.15) is 0 Å². The highest BCUT2D eigenvalue weighted by atomic mass is 28.4. The minimum atomic E-state index is -1.64. The minimum absolute atomic E-state index is 0.538. The average Bonchev–Trinajstić information content (AvgIpc) is 2.11. The summed E-state index contributed by atoms with van der Waals surface area (Å²) in [7, 11) is -1.62. The minimum Gasteiger partial charge on any atom is -0.544 e. The van der Waals surface area contributed by atoms with Crippen LogP contribution in [0, 0.1) is 0 Å². The third kappa shape index (κ3) is 9.06. The molecule has 0 aromatic carbocycles. The zero-order chi connectivity index (χ0) is 13.7. The quantitative estimate of drug-likeness (QED) is 0.415. The van der Waals surface area contributed by atoms with Crippen LogP contribution in [0.1, 0.15) is 6.92 Å². The highest BCUT2D eigenvalue weighted by Gasteiger charge is 2.20. The maximum atomic E-state index is 5.91. The molecule has 0 fully saturated rings. The molecular weight excluding hydrogens is 248 g/mol. The van der Waals surface area contributed by atoms with E-state index in [1.165, 1.54) is 0 Å². The second kappa shape index (κ2) is 6.30. The normalized spacial score (nSPS) is 14.6. The van der Waals surface area contributed by atoms with Crippen LogP contribution < -0.4 is 0 Å². The molecule has 0 saturated carbocycles. The molecule has 100 valence electrons. The van der Waals surface area contributed by atoms with Crippen LogP contribution in [0.15, 0.2) is 23.9 Å². The van der Waals surface area contributed by atoms with Gasteiger partial charge in [-0.05, 0) is 52.3 Å². The van der Waals surface area contributed by atoms with Gasteiger partial charge in [0.15, 0.2) is 0 Å². The molecular formula is C12H26O3Si2. The van der Waals surface area contributed by atoms with Crippen molar-refractivity contribution in [2.24, 2.45) is 0 Å². The smallest absolute Gasteiger partial charge is 0.268 e. The molecule has 0 N–H and O–H groups in total. The van der Waals surface area contributed by atoms with Gasteiger partial charge in [0, 0.05) is 0 Å². The lowest BCUT2D eigenvalue weighted by atomic mass is 10.4. The Morgan fingerprint density at radius 1 is 0.882 bits per heavy atom. The number of rotatable bonds is 6. The Balaban J connectivity index is 4.81. The second-order valence-corrected chi connectivity index (χ2v) is 14.6. The molecule has 3 nitrogen and oxygen atoms in total. The van der Waals surface area contributed by atoms with Crippen LogP contribution in [0.3, 0.4) is 0 Å². The topological polar surface area (TPSA) is 27.7 Å². The highest BCUT2D eigenvalue weighted by molar-refractivity contribution is 6.70. The van der Waals surface area contributed by atoms with Crippen LogP contribution in [0.25, 0.3) is 0 Å². The van der Waals surface area contributed by atoms with E-state index in [1.54, 1.807) is 7.11 Å². The number of methoxy groups -OCH3 is 1. The fourth-order valence-electron chi connectivity index (χ4n) is 1.07. The summed E-state index contributed by atoms with van der Waals surface area (Å²) in [6, 6.07) is 0. The van der Waals surface area contributed by atoms with Crippen molar-refractivity contribution in [2.75, 3.05) is 7.11 Å². The summed E-state index contributed by atoms with van der Waals surface area (Å²) in [6.07, 6.45) is 3.77. The third-order valence-electron chi connectivity index (χ3n) is 1.58. The zero-order valence-corrected chi connectivity index (χ0v) is 14.4. The highest BCUT2D eigenvalue weighted by Crippen LogP contribution is 2.17. The Labute approximate surface area is 108 Å². The van der Waals surface area contributed by atoms with Gasteiger partial charge in [-0.15, -0.1) is 0 Å². The number of allylic oxidation sites excluding steroid dienone is 2. The van der Waals surface area contributed by atoms with E-state index in [0.29, 0.717) is 5.95 Å². The summed E-state index contributed by atoms with van der Waals surface area (Å²) in [6.45, 7) is 14.8. The molecule has 0 rings (SSSR count). The van der Waals surface area contributed by atoms with Crippen molar-refractivity contribution in [1.82, 2.24) is 0 Å². The first-order chi connectivity index (χ1) is 7.57. The number of hydrogen-bond acceptors (Lipinski definition) is 3. The van der Waals surface area contributed by atoms with Gasteiger partial charge < -0.3 is 13.6 Å². The first-order valence-corrected chi connectivity index (χ1v) is 12.7. The predicted molar refractivity (Wildman–Crippen MR) is 77.7 cm³/mol. The molecule has 0 aliphatic carbocycles. The molecule has 0 unspecified atom stereocenters. The standard InChI is InChI=1S/C12H26O3Si2/c1-9-11(14-16(3,4)5)10-12(13-2)15-17(6,7)8/h9-10H,1-8H3/b11-9+,12-10-. The molecule has 5 heteroatoms. The summed E-state index contributed by atoms with van der Waals surface area (Å²) in [5.74, 6) is 1.36. The Morgan fingerprint density at radius 2 is 1.35 bits per heavy atom. The lowest BCUT2D eigenvalue weighted by molar-refractivity contribution is 0.145. The van der Waals surface area contributed by atoms with Crippen LogP contribution in [-0.4, -0.2) is 23.7 Å². The van der Waals surface area contributed by atoms with Gasteiger partial charge in [-0.1, -0.05) is 0 Å². The molecule has 0 aromatic heterocycles. The van der Waals surface area contributed by atoms with Crippen LogP contribution in [-0.2, 0) is 13.6 Å². The maximum absolute atomic E-state index is 5.91. The average molecular weight is 275 g/mol. The van der Waals surface area contributed by atoms with Gasteiger partial charge in [-0.25, -0.2) is 0 Å². The summed E-state index contributed by atoms with van der Waals surface area (Å²) in [5.41, 5.74) is 0. The van der Waals surface area contributed by atoms with Crippen molar-refractivity contribution in [2.45, 2.75) is 46.2 Å². The van der Waals surface area contributed by atoms with E-state index in [0.717, 1.165) is 5.76 Å². The Morgan fingerprint density at radius 3 is 1.65 bits per heavy atom. The lowest BCUT2D eigenvalue weighted by Gasteiger charge is -2.23. The molecule has 0 aliphatic heterocycles. The van der Waals surface area contributed by atoms with E-state index >= 15 is 0 Å². The molecule has 0 spiro atoms. The zero-order valence-electron chi connectivity index (χ0n) is 12.4. The van der Waals surface area contributed by atoms with Crippen molar-refractivity contribution in [3.63, 3.8) is 0 Å². The number of hydrogen-bond donors (Lipinski definition) is 0. The van der Waals surface area contributed by atoms with Gasteiger partial charge in [0.2, 0.25) is 16.6 Å². The SMILES string of the molecule is C/C=C(\C=C(\OC)O[Si](C)(C)C)O[Si](C)(C)C. The molecule has 0 radical (unpaired) electrons. The Kier molecular flexibility index (Phi) is 6.05. The van der Waals surface area contributed by atoms with Gasteiger partial charge in [0.1, 0.15) is 5.76 Å². The molecule has 0 heterocycles. The van der Waals surface area contributed by atoms with E-state index in [-0.39, 0.29) is 0 Å². The third-order valence-corrected chi connectivity index (χ3v) is 3.24. The van der Waals surface area contributed by atoms with Crippen LogP contribution in [0.5, 0.6) is 0 Å². The van der Waals surface area contributed by atoms with Crippen molar-refractivity contribution in [1.29, 1.82) is 0 Å². The van der Waals surface area contributed by atoms with E-state index in [1.807, 2.05) is 19.1 Å². The Hall–Kier alpha value is -0.686. The molecule has 0 aromatic rings. The van der Waals surface area contributed by atoms with Crippen molar-refractivity contribution in [3.8, 4) is 0 Å². The molecule has 17 heavy (non-hydrogen) atoms.